The number of aliphatic hydroxyl groups excluding tert-OH is 1. The number of amides is 2. The molecule has 9 heteroatoms. The summed E-state index contributed by atoms with van der Waals surface area (Å²) in [6.45, 7) is 4.20. The van der Waals surface area contributed by atoms with Gasteiger partial charge in [-0.3, -0.25) is 14.5 Å². The zero-order valence-electron chi connectivity index (χ0n) is 21.5. The van der Waals surface area contributed by atoms with Crippen LogP contribution >= 0.6 is 0 Å². The molecule has 2 heterocycles. The van der Waals surface area contributed by atoms with E-state index in [4.69, 9.17) is 0 Å². The monoisotopic (exact) mass is 524 g/mol. The molecular weight excluding hydrogens is 490 g/mol. The zero-order chi connectivity index (χ0) is 26.8. The molecule has 38 heavy (non-hydrogen) atoms. The largest absolute Gasteiger partial charge is 0.377 e. The molecule has 3 atom stereocenters. The van der Waals surface area contributed by atoms with E-state index in [2.05, 4.69) is 5.32 Å². The molecule has 1 saturated heterocycles. The first-order valence-corrected chi connectivity index (χ1v) is 13.2. The van der Waals surface area contributed by atoms with Gasteiger partial charge in [-0.15, -0.1) is 0 Å². The van der Waals surface area contributed by atoms with Crippen molar-refractivity contribution >= 4 is 17.4 Å². The number of carbonyl (C=O) groups is 2. The van der Waals surface area contributed by atoms with Gasteiger partial charge in [-0.25, -0.2) is 8.78 Å². The SMILES string of the molecule is CC(=O)N1CCN(C(O)CN[C@H](C(=O)N2CC(c3cc(F)ccc3F)=C[C@H]2c2ccccc2)C2CC2)CC1. The van der Waals surface area contributed by atoms with Crippen LogP contribution in [0, 0.1) is 17.6 Å². The molecule has 0 aromatic heterocycles. The van der Waals surface area contributed by atoms with Crippen LogP contribution in [-0.2, 0) is 9.59 Å². The van der Waals surface area contributed by atoms with Gasteiger partial charge in [0.15, 0.2) is 0 Å². The van der Waals surface area contributed by atoms with E-state index < -0.39 is 29.9 Å². The lowest BCUT2D eigenvalue weighted by atomic mass is 10.0. The molecule has 2 N–H and O–H groups in total. The molecule has 2 amide bonds. The third-order valence-corrected chi connectivity index (χ3v) is 7.79. The molecule has 0 radical (unpaired) electrons. The van der Waals surface area contributed by atoms with Gasteiger partial charge in [0.2, 0.25) is 11.8 Å². The molecule has 1 aliphatic carbocycles. The summed E-state index contributed by atoms with van der Waals surface area (Å²) in [5.74, 6) is -0.974. The van der Waals surface area contributed by atoms with Crippen LogP contribution in [0.4, 0.5) is 8.78 Å². The molecule has 0 spiro atoms. The Bertz CT molecular complexity index is 1200. The van der Waals surface area contributed by atoms with Gasteiger partial charge in [0, 0.05) is 51.8 Å². The number of aliphatic hydroxyl groups is 1. The van der Waals surface area contributed by atoms with Crippen molar-refractivity contribution in [2.45, 2.75) is 38.1 Å². The molecule has 2 aromatic rings. The maximum absolute atomic E-state index is 14.7. The second kappa shape index (κ2) is 11.3. The molecule has 5 rings (SSSR count). The Morgan fingerprint density at radius 3 is 2.42 bits per heavy atom. The highest BCUT2D eigenvalue weighted by molar-refractivity contribution is 5.87. The van der Waals surface area contributed by atoms with Gasteiger partial charge in [-0.2, -0.15) is 0 Å². The maximum Gasteiger partial charge on any atom is 0.241 e. The third kappa shape index (κ3) is 5.80. The van der Waals surface area contributed by atoms with Crippen molar-refractivity contribution in [3.05, 3.63) is 77.4 Å². The van der Waals surface area contributed by atoms with E-state index in [0.29, 0.717) is 31.8 Å². The van der Waals surface area contributed by atoms with Crippen molar-refractivity contribution in [2.75, 3.05) is 39.3 Å². The minimum Gasteiger partial charge on any atom is -0.377 e. The number of carbonyl (C=O) groups excluding carboxylic acids is 2. The van der Waals surface area contributed by atoms with Gasteiger partial charge in [-0.05, 0) is 48.1 Å². The number of nitrogens with zero attached hydrogens (tertiary/aromatic N) is 3. The topological polar surface area (TPSA) is 76.1 Å². The van der Waals surface area contributed by atoms with Gasteiger partial charge in [0.25, 0.3) is 0 Å². The van der Waals surface area contributed by atoms with Crippen LogP contribution in [0.15, 0.2) is 54.6 Å². The minimum atomic E-state index is -0.781. The smallest absolute Gasteiger partial charge is 0.241 e. The van der Waals surface area contributed by atoms with Crippen molar-refractivity contribution in [3.63, 3.8) is 0 Å². The summed E-state index contributed by atoms with van der Waals surface area (Å²) in [6.07, 6.45) is 2.90. The number of hydrogen-bond donors (Lipinski definition) is 2. The Morgan fingerprint density at radius 2 is 1.76 bits per heavy atom. The van der Waals surface area contributed by atoms with E-state index in [1.807, 2.05) is 41.3 Å². The third-order valence-electron chi connectivity index (χ3n) is 7.79. The maximum atomic E-state index is 14.7. The summed E-state index contributed by atoms with van der Waals surface area (Å²) >= 11 is 0. The predicted octanol–water partition coefficient (Wildman–Crippen LogP) is 2.78. The lowest BCUT2D eigenvalue weighted by Gasteiger charge is -2.37. The summed E-state index contributed by atoms with van der Waals surface area (Å²) < 4.78 is 28.6. The lowest BCUT2D eigenvalue weighted by molar-refractivity contribution is -0.136. The van der Waals surface area contributed by atoms with Crippen LogP contribution in [-0.4, -0.2) is 83.2 Å². The summed E-state index contributed by atoms with van der Waals surface area (Å²) in [5, 5.41) is 14.1. The molecule has 2 fully saturated rings. The van der Waals surface area contributed by atoms with Crippen molar-refractivity contribution in [3.8, 4) is 0 Å². The van der Waals surface area contributed by atoms with Crippen LogP contribution in [0.5, 0.6) is 0 Å². The quantitative estimate of drug-likeness (QED) is 0.556. The van der Waals surface area contributed by atoms with Crippen molar-refractivity contribution in [1.29, 1.82) is 0 Å². The Kier molecular flexibility index (Phi) is 7.88. The normalized spacial score (nSPS) is 21.8. The first-order chi connectivity index (χ1) is 18.3. The highest BCUT2D eigenvalue weighted by Gasteiger charge is 2.42. The predicted molar refractivity (Wildman–Crippen MR) is 140 cm³/mol. The van der Waals surface area contributed by atoms with Gasteiger partial charge in [-0.1, -0.05) is 36.4 Å². The molecule has 2 aromatic carbocycles. The highest BCUT2D eigenvalue weighted by atomic mass is 19.1. The molecule has 2 aliphatic heterocycles. The van der Waals surface area contributed by atoms with Crippen LogP contribution in [0.3, 0.4) is 0 Å². The van der Waals surface area contributed by atoms with E-state index >= 15 is 0 Å². The molecular formula is C29H34F2N4O3. The van der Waals surface area contributed by atoms with Crippen molar-refractivity contribution < 1.29 is 23.5 Å². The minimum absolute atomic E-state index is 0.0290. The first kappa shape index (κ1) is 26.5. The molecule has 202 valence electrons. The fourth-order valence-corrected chi connectivity index (χ4v) is 5.44. The van der Waals surface area contributed by atoms with Crippen molar-refractivity contribution in [1.82, 2.24) is 20.0 Å². The fraction of sp³-hybridized carbons (Fsp3) is 0.448. The number of nitrogens with one attached hydrogen (secondary N) is 1. The molecule has 0 bridgehead atoms. The van der Waals surface area contributed by atoms with Gasteiger partial charge < -0.3 is 20.2 Å². The Hall–Kier alpha value is -3.14. The summed E-state index contributed by atoms with van der Waals surface area (Å²) in [6, 6.07) is 12.0. The van der Waals surface area contributed by atoms with E-state index in [9.17, 15) is 23.5 Å². The number of benzene rings is 2. The van der Waals surface area contributed by atoms with E-state index in [-0.39, 0.29) is 36.4 Å². The average Bonchev–Trinajstić information content (AvgIpc) is 3.67. The summed E-state index contributed by atoms with van der Waals surface area (Å²) in [4.78, 5) is 31.0. The van der Waals surface area contributed by atoms with Gasteiger partial charge >= 0.3 is 0 Å². The van der Waals surface area contributed by atoms with Crippen LogP contribution in [0.25, 0.3) is 5.57 Å². The van der Waals surface area contributed by atoms with Crippen LogP contribution in [0.1, 0.15) is 36.9 Å². The Balaban J connectivity index is 1.31. The molecule has 1 unspecified atom stereocenters. The van der Waals surface area contributed by atoms with E-state index in [1.54, 1.807) is 16.7 Å². The van der Waals surface area contributed by atoms with E-state index in [1.165, 1.54) is 6.07 Å². The molecule has 1 saturated carbocycles. The van der Waals surface area contributed by atoms with Gasteiger partial charge in [0.1, 0.15) is 17.9 Å². The lowest BCUT2D eigenvalue weighted by Crippen LogP contribution is -2.56. The van der Waals surface area contributed by atoms with E-state index in [0.717, 1.165) is 30.5 Å². The van der Waals surface area contributed by atoms with Crippen molar-refractivity contribution in [2.24, 2.45) is 5.92 Å². The summed E-state index contributed by atoms with van der Waals surface area (Å²) in [7, 11) is 0. The van der Waals surface area contributed by atoms with Crippen LogP contribution in [0.2, 0.25) is 0 Å². The number of rotatable bonds is 8. The van der Waals surface area contributed by atoms with Gasteiger partial charge in [0.05, 0.1) is 12.1 Å². The molecule has 3 aliphatic rings. The number of halogens is 2. The van der Waals surface area contributed by atoms with Crippen LogP contribution < -0.4 is 5.32 Å². The first-order valence-electron chi connectivity index (χ1n) is 13.2. The standard InChI is InChI=1S/C29H34F2N4O3/c1-19(36)33-11-13-34(14-12-33)27(37)17-32-28(21-7-8-21)29(38)35-18-22(24-16-23(30)9-10-25(24)31)15-26(35)20-5-3-2-4-6-20/h2-6,9-10,15-16,21,26-28,32,37H,7-8,11-14,17-18H2,1H3/t26-,27?,28-/m0/s1. The average molecular weight is 525 g/mol. The summed E-state index contributed by atoms with van der Waals surface area (Å²) in [5.41, 5.74) is 1.63. The molecule has 7 nitrogen and oxygen atoms in total. The Labute approximate surface area is 221 Å². The Morgan fingerprint density at radius 1 is 1.05 bits per heavy atom. The second-order valence-electron chi connectivity index (χ2n) is 10.4. The number of piperazine rings is 1. The number of hydrogen-bond acceptors (Lipinski definition) is 5. The highest BCUT2D eigenvalue weighted by Crippen LogP contribution is 2.39. The fourth-order valence-electron chi connectivity index (χ4n) is 5.44. The zero-order valence-corrected chi connectivity index (χ0v) is 21.5. The second-order valence-corrected chi connectivity index (χ2v) is 10.4.